The molecule has 5 aliphatic rings. The Morgan fingerprint density at radius 2 is 1.49 bits per heavy atom. The highest BCUT2D eigenvalue weighted by molar-refractivity contribution is 6.23. The van der Waals surface area contributed by atoms with Crippen LogP contribution in [-0.4, -0.2) is 138 Å². The van der Waals surface area contributed by atoms with E-state index in [1.165, 1.54) is 0 Å². The van der Waals surface area contributed by atoms with Gasteiger partial charge in [-0.2, -0.15) is 0 Å². The second kappa shape index (κ2) is 15.8. The van der Waals surface area contributed by atoms with Gasteiger partial charge in [0.2, 0.25) is 11.8 Å². The molecule has 4 aromatic rings. The van der Waals surface area contributed by atoms with Crippen LogP contribution in [0.2, 0.25) is 0 Å². The highest BCUT2D eigenvalue weighted by Gasteiger charge is 2.45. The zero-order valence-electron chi connectivity index (χ0n) is 33.8. The molecule has 4 saturated heterocycles. The van der Waals surface area contributed by atoms with Crippen molar-refractivity contribution in [3.8, 4) is 22.6 Å². The number of piperazine rings is 1. The van der Waals surface area contributed by atoms with E-state index < -0.39 is 23.8 Å². The molecule has 4 fully saturated rings. The fourth-order valence-corrected chi connectivity index (χ4v) is 9.66. The maximum absolute atomic E-state index is 13.3. The molecule has 1 N–H and O–H groups in total. The predicted octanol–water partition coefficient (Wildman–Crippen LogP) is 2.74. The summed E-state index contributed by atoms with van der Waals surface area (Å²) in [5, 5.41) is 3.66. The van der Waals surface area contributed by atoms with Crippen LogP contribution in [0.3, 0.4) is 0 Å². The number of hydrogen-bond acceptors (Lipinski definition) is 12. The molecule has 59 heavy (non-hydrogen) atoms. The fraction of sp³-hybridized carbons (Fsp3) is 0.455. The average molecular weight is 803 g/mol. The van der Waals surface area contributed by atoms with Crippen molar-refractivity contribution in [1.29, 1.82) is 0 Å². The molecule has 2 aromatic heterocycles. The third-order valence-corrected chi connectivity index (χ3v) is 13.1. The monoisotopic (exact) mass is 802 g/mol. The van der Waals surface area contributed by atoms with Gasteiger partial charge in [0.25, 0.3) is 17.4 Å². The molecule has 0 radical (unpaired) electrons. The van der Waals surface area contributed by atoms with E-state index >= 15 is 0 Å². The first kappa shape index (κ1) is 38.9. The number of carbonyl (C=O) groups is 4. The van der Waals surface area contributed by atoms with E-state index in [-0.39, 0.29) is 24.3 Å². The van der Waals surface area contributed by atoms with E-state index in [0.29, 0.717) is 35.0 Å². The number of methoxy groups -OCH3 is 2. The number of piperidine rings is 2. The van der Waals surface area contributed by atoms with Gasteiger partial charge in [0.15, 0.2) is 0 Å². The second-order valence-corrected chi connectivity index (χ2v) is 16.5. The Morgan fingerprint density at radius 3 is 2.19 bits per heavy atom. The molecule has 0 spiro atoms. The molecule has 9 rings (SSSR count). The quantitative estimate of drug-likeness (QED) is 0.235. The number of rotatable bonds is 10. The first-order valence-electron chi connectivity index (χ1n) is 20.6. The van der Waals surface area contributed by atoms with Gasteiger partial charge < -0.3 is 18.9 Å². The predicted molar refractivity (Wildman–Crippen MR) is 221 cm³/mol. The largest absolute Gasteiger partial charge is 0.496 e. The topological polar surface area (TPSA) is 150 Å². The first-order chi connectivity index (χ1) is 28.6. The lowest BCUT2D eigenvalue weighted by Crippen LogP contribution is -2.63. The van der Waals surface area contributed by atoms with Crippen LogP contribution < -0.4 is 25.2 Å². The van der Waals surface area contributed by atoms with E-state index in [9.17, 15) is 24.0 Å². The van der Waals surface area contributed by atoms with Gasteiger partial charge in [-0.05, 0) is 72.5 Å². The van der Waals surface area contributed by atoms with E-state index in [4.69, 9.17) is 9.47 Å². The Morgan fingerprint density at radius 1 is 0.780 bits per heavy atom. The Balaban J connectivity index is 0.749. The summed E-state index contributed by atoms with van der Waals surface area (Å²) in [6.07, 6.45) is 7.54. The van der Waals surface area contributed by atoms with Crippen LogP contribution >= 0.6 is 0 Å². The number of anilines is 1. The zero-order chi connectivity index (χ0) is 40.9. The average Bonchev–Trinajstić information content (AvgIpc) is 3.48. The van der Waals surface area contributed by atoms with Crippen LogP contribution in [-0.2, 0) is 23.2 Å². The number of amides is 4. The van der Waals surface area contributed by atoms with Crippen molar-refractivity contribution in [3.63, 3.8) is 0 Å². The molecule has 0 aliphatic carbocycles. The minimum Gasteiger partial charge on any atom is -0.496 e. The molecule has 4 amide bonds. The highest BCUT2D eigenvalue weighted by Crippen LogP contribution is 2.38. The van der Waals surface area contributed by atoms with E-state index in [1.807, 2.05) is 30.5 Å². The van der Waals surface area contributed by atoms with Crippen molar-refractivity contribution in [3.05, 3.63) is 82.0 Å². The lowest BCUT2D eigenvalue weighted by atomic mass is 9.93. The summed E-state index contributed by atoms with van der Waals surface area (Å²) in [6.45, 7) is 9.67. The van der Waals surface area contributed by atoms with Crippen LogP contribution in [0.4, 0.5) is 5.69 Å². The van der Waals surface area contributed by atoms with Crippen molar-refractivity contribution in [2.75, 3.05) is 78.0 Å². The highest BCUT2D eigenvalue weighted by atomic mass is 16.5. The zero-order valence-corrected chi connectivity index (χ0v) is 33.8. The number of nitrogens with zero attached hydrogens (tertiary/aromatic N) is 7. The Labute approximate surface area is 342 Å². The minimum absolute atomic E-state index is 0.0859. The Bertz CT molecular complexity index is 2370. The molecule has 0 bridgehead atoms. The number of likely N-dealkylation sites (tertiary alicyclic amines) is 1. The maximum Gasteiger partial charge on any atom is 0.262 e. The fourth-order valence-electron chi connectivity index (χ4n) is 9.66. The third kappa shape index (κ3) is 7.25. The van der Waals surface area contributed by atoms with Crippen LogP contribution in [0.1, 0.15) is 52.0 Å². The van der Waals surface area contributed by atoms with Gasteiger partial charge >= 0.3 is 0 Å². The van der Waals surface area contributed by atoms with Gasteiger partial charge in [-0.1, -0.05) is 0 Å². The number of aryl methyl sites for hydroxylation is 1. The number of pyridine rings is 2. The summed E-state index contributed by atoms with van der Waals surface area (Å²) in [4.78, 5) is 78.5. The second-order valence-electron chi connectivity index (χ2n) is 16.5. The van der Waals surface area contributed by atoms with Gasteiger partial charge in [-0.3, -0.25) is 53.9 Å². The molecule has 2 aromatic carbocycles. The lowest BCUT2D eigenvalue weighted by molar-refractivity contribution is -0.136. The molecule has 0 saturated carbocycles. The normalized spacial score (nSPS) is 21.2. The molecule has 15 heteroatoms. The van der Waals surface area contributed by atoms with Gasteiger partial charge in [-0.15, -0.1) is 0 Å². The van der Waals surface area contributed by atoms with Crippen LogP contribution in [0.5, 0.6) is 11.5 Å². The molecule has 5 aliphatic heterocycles. The molecular weight excluding hydrogens is 753 g/mol. The third-order valence-electron chi connectivity index (χ3n) is 13.1. The van der Waals surface area contributed by atoms with Crippen molar-refractivity contribution >= 4 is 40.1 Å². The molecular formula is C44H50N8O7. The van der Waals surface area contributed by atoms with Gasteiger partial charge in [0.05, 0.1) is 36.3 Å². The van der Waals surface area contributed by atoms with Crippen LogP contribution in [0, 0.1) is 5.92 Å². The van der Waals surface area contributed by atoms with Crippen LogP contribution in [0.25, 0.3) is 21.9 Å². The molecule has 308 valence electrons. The van der Waals surface area contributed by atoms with Gasteiger partial charge in [0.1, 0.15) is 17.5 Å². The SMILES string of the molecule is COc1cc(-c2cn(C)c(=O)c3cnccc23)cc(OC)c1CN1CCN(C2CN(CC3CCN(c4ccc5c(c4)C(=O)N(C4CCC(=O)NC4=O)C5=O)CC3)C2)CC1. The molecule has 7 heterocycles. The smallest absolute Gasteiger partial charge is 0.262 e. The number of ether oxygens (including phenoxy) is 2. The van der Waals surface area contributed by atoms with Gasteiger partial charge in [-0.25, -0.2) is 0 Å². The number of imide groups is 2. The summed E-state index contributed by atoms with van der Waals surface area (Å²) in [5.41, 5.74) is 4.31. The Kier molecular flexibility index (Phi) is 10.4. The Hall–Kier alpha value is -5.64. The minimum atomic E-state index is -0.962. The first-order valence-corrected chi connectivity index (χ1v) is 20.6. The van der Waals surface area contributed by atoms with Gasteiger partial charge in [0, 0.05) is 115 Å². The summed E-state index contributed by atoms with van der Waals surface area (Å²) < 4.78 is 13.5. The maximum atomic E-state index is 13.3. The molecule has 1 atom stereocenters. The summed E-state index contributed by atoms with van der Waals surface area (Å²) in [5.74, 6) is 0.195. The number of fused-ring (bicyclic) bond motifs is 2. The number of aromatic nitrogens is 2. The number of nitrogens with one attached hydrogen (secondary N) is 1. The van der Waals surface area contributed by atoms with E-state index in [0.717, 1.165) is 116 Å². The van der Waals surface area contributed by atoms with Crippen LogP contribution in [0.15, 0.2) is 59.8 Å². The summed E-state index contributed by atoms with van der Waals surface area (Å²) in [7, 11) is 5.14. The number of carbonyl (C=O) groups excluding carboxylic acids is 4. The number of hydrogen-bond donors (Lipinski definition) is 1. The van der Waals surface area contributed by atoms with E-state index in [2.05, 4.69) is 29.9 Å². The van der Waals surface area contributed by atoms with Crippen molar-refractivity contribution in [1.82, 2.24) is 34.5 Å². The standard InChI is InChI=1S/C44H50N8O7/c1-47-25-35(31-8-11-45-21-34(31)42(47)55)28-18-38(58-2)36(39(19-28)59-3)26-48-14-16-51(17-15-48)30-23-49(24-30)22-27-9-12-50(13-10-27)29-4-5-32-33(20-29)44(57)52(43(32)56)37-6-7-40(53)46-41(37)54/h4-5,8,11,18-21,25,27,30,37H,6-7,9-10,12-17,22-24,26H2,1-3H3,(H,46,53,54). The molecule has 15 nitrogen and oxygen atoms in total. The summed E-state index contributed by atoms with van der Waals surface area (Å²) in [6, 6.07) is 11.0. The van der Waals surface area contributed by atoms with Crippen molar-refractivity contribution in [2.45, 2.75) is 44.3 Å². The lowest BCUT2D eigenvalue weighted by Gasteiger charge is -2.49. The van der Waals surface area contributed by atoms with Crippen molar-refractivity contribution < 1.29 is 28.7 Å². The van der Waals surface area contributed by atoms with E-state index in [1.54, 1.807) is 50.4 Å². The summed E-state index contributed by atoms with van der Waals surface area (Å²) >= 11 is 0. The molecule has 1 unspecified atom stereocenters. The number of benzene rings is 2. The van der Waals surface area contributed by atoms with Crippen molar-refractivity contribution in [2.24, 2.45) is 13.0 Å².